The van der Waals surface area contributed by atoms with E-state index in [9.17, 15) is 20.5 Å². The first-order chi connectivity index (χ1) is 12.4. The van der Waals surface area contributed by atoms with E-state index in [2.05, 4.69) is 0 Å². The first-order valence-corrected chi connectivity index (χ1v) is 9.91. The van der Waals surface area contributed by atoms with Crippen molar-refractivity contribution >= 4 is 0 Å². The molecule has 2 unspecified atom stereocenters. The van der Waals surface area contributed by atoms with E-state index in [0.29, 0.717) is 50.4 Å². The molecule has 1 saturated heterocycles. The fourth-order valence-electron chi connectivity index (χ4n) is 6.76. The van der Waals surface area contributed by atoms with Gasteiger partial charge < -0.3 is 20.1 Å². The van der Waals surface area contributed by atoms with E-state index in [0.717, 1.165) is 24.0 Å². The Morgan fingerprint density at radius 2 is 2.00 bits per heavy atom. The van der Waals surface area contributed by atoms with Crippen LogP contribution in [0.4, 0.5) is 0 Å². The standard InChI is InChI=1S/C20H25NO5/c22-13-4-3-12-9-15-20(24)6-5-14(23)18-19(20,16(12)17(13)26-18)7-8-21(15,25)10-11-1-2-11/h3-4,11,14-15,18,23-25H,1-2,5-10H2/p+1/t14-,15+,18?,19-,20+,21?/m1/s1. The van der Waals surface area contributed by atoms with Gasteiger partial charge in [-0.05, 0) is 37.3 Å². The van der Waals surface area contributed by atoms with Gasteiger partial charge >= 0.3 is 0 Å². The van der Waals surface area contributed by atoms with Crippen LogP contribution in [0.3, 0.4) is 0 Å². The van der Waals surface area contributed by atoms with Crippen LogP contribution in [0.2, 0.25) is 0 Å². The number of nitrogens with zero attached hydrogens (tertiary/aromatic N) is 1. The Morgan fingerprint density at radius 1 is 1.19 bits per heavy atom. The largest absolute Gasteiger partial charge is 0.504 e. The lowest BCUT2D eigenvalue weighted by Gasteiger charge is -2.63. The number of aliphatic hydroxyl groups excluding tert-OH is 1. The molecule has 2 heterocycles. The van der Waals surface area contributed by atoms with Crippen molar-refractivity contribution in [2.45, 2.75) is 67.8 Å². The SMILES string of the molecule is Oc1ccc2c3c1OC1[C@H](O)CC[C@]4(O)[C@H](C2)[N+](O)(CC2CC2)CC[C@@]314. The number of hydrogen-bond acceptors (Lipinski definition) is 5. The van der Waals surface area contributed by atoms with E-state index in [1.807, 2.05) is 6.07 Å². The highest BCUT2D eigenvalue weighted by Gasteiger charge is 2.77. The van der Waals surface area contributed by atoms with Crippen molar-refractivity contribution in [3.05, 3.63) is 23.3 Å². The molecule has 6 atom stereocenters. The van der Waals surface area contributed by atoms with E-state index in [4.69, 9.17) is 4.74 Å². The third kappa shape index (κ3) is 1.59. The Morgan fingerprint density at radius 3 is 2.77 bits per heavy atom. The molecule has 3 fully saturated rings. The lowest BCUT2D eigenvalue weighted by Crippen LogP contribution is -2.81. The fraction of sp³-hybridized carbons (Fsp3) is 0.700. The summed E-state index contributed by atoms with van der Waals surface area (Å²) in [6.45, 7) is 1.27. The maximum atomic E-state index is 12.0. The molecule has 6 rings (SSSR count). The molecule has 2 bridgehead atoms. The van der Waals surface area contributed by atoms with Crippen LogP contribution < -0.4 is 4.74 Å². The zero-order valence-electron chi connectivity index (χ0n) is 14.8. The van der Waals surface area contributed by atoms with Crippen LogP contribution in [0.1, 0.15) is 43.2 Å². The smallest absolute Gasteiger partial charge is 0.165 e. The topological polar surface area (TPSA) is 90.2 Å². The lowest BCUT2D eigenvalue weighted by molar-refractivity contribution is -1.13. The van der Waals surface area contributed by atoms with Crippen molar-refractivity contribution in [3.63, 3.8) is 0 Å². The zero-order valence-corrected chi connectivity index (χ0v) is 14.8. The molecule has 4 N–H and O–H groups in total. The van der Waals surface area contributed by atoms with Gasteiger partial charge in [0.15, 0.2) is 17.5 Å². The minimum Gasteiger partial charge on any atom is -0.504 e. The average molecular weight is 360 g/mol. The molecule has 1 aromatic rings. The third-order valence-electron chi connectivity index (χ3n) is 8.05. The molecule has 1 spiro atoms. The predicted octanol–water partition coefficient (Wildman–Crippen LogP) is 1.22. The van der Waals surface area contributed by atoms with Gasteiger partial charge in [-0.15, -0.1) is 0 Å². The van der Waals surface area contributed by atoms with Crippen LogP contribution in [0.25, 0.3) is 0 Å². The normalized spacial score (nSPS) is 48.0. The number of benzene rings is 1. The Balaban J connectivity index is 1.59. The molecular formula is C20H26NO5+. The number of phenols is 1. The number of quaternary nitrogens is 1. The molecule has 1 aromatic carbocycles. The van der Waals surface area contributed by atoms with Crippen molar-refractivity contribution < 1.29 is 29.9 Å². The molecular weight excluding hydrogens is 334 g/mol. The number of piperidine rings is 1. The second kappa shape index (κ2) is 4.55. The van der Waals surface area contributed by atoms with Crippen molar-refractivity contribution in [1.82, 2.24) is 0 Å². The van der Waals surface area contributed by atoms with Gasteiger partial charge in [0.05, 0.1) is 11.5 Å². The number of hydroxylamine groups is 3. The number of likely N-dealkylation sites (tertiary alicyclic amines) is 1. The Kier molecular flexibility index (Phi) is 2.75. The highest BCUT2D eigenvalue weighted by atomic mass is 16.6. The molecule has 3 aliphatic carbocycles. The summed E-state index contributed by atoms with van der Waals surface area (Å²) < 4.78 is 6.03. The molecule has 6 heteroatoms. The molecule has 5 aliphatic rings. The van der Waals surface area contributed by atoms with Gasteiger partial charge in [-0.25, -0.2) is 5.21 Å². The summed E-state index contributed by atoms with van der Waals surface area (Å²) in [5.74, 6) is 1.07. The van der Waals surface area contributed by atoms with Crippen molar-refractivity contribution in [2.75, 3.05) is 13.1 Å². The maximum absolute atomic E-state index is 12.0. The summed E-state index contributed by atoms with van der Waals surface area (Å²) in [5.41, 5.74) is 0.0735. The summed E-state index contributed by atoms with van der Waals surface area (Å²) in [6.07, 6.45) is 3.15. The van der Waals surface area contributed by atoms with Gasteiger partial charge in [-0.1, -0.05) is 6.07 Å². The summed E-state index contributed by atoms with van der Waals surface area (Å²) >= 11 is 0. The van der Waals surface area contributed by atoms with Gasteiger partial charge in [0, 0.05) is 24.3 Å². The molecule has 2 saturated carbocycles. The lowest BCUT2D eigenvalue weighted by atomic mass is 9.48. The first-order valence-electron chi connectivity index (χ1n) is 9.91. The van der Waals surface area contributed by atoms with Crippen LogP contribution in [-0.4, -0.2) is 62.1 Å². The molecule has 26 heavy (non-hydrogen) atoms. The number of ether oxygens (including phenoxy) is 1. The number of hydrogen-bond donors (Lipinski definition) is 4. The number of aliphatic hydroxyl groups is 2. The number of phenolic OH excluding ortho intramolecular Hbond substituents is 1. The highest BCUT2D eigenvalue weighted by Crippen LogP contribution is 2.66. The average Bonchev–Trinajstić information content (AvgIpc) is 3.32. The fourth-order valence-corrected chi connectivity index (χ4v) is 6.76. The zero-order chi connectivity index (χ0) is 17.9. The van der Waals surface area contributed by atoms with Crippen LogP contribution in [0.5, 0.6) is 11.5 Å². The minimum absolute atomic E-state index is 0.0681. The maximum Gasteiger partial charge on any atom is 0.165 e. The van der Waals surface area contributed by atoms with Gasteiger partial charge in [-0.3, -0.25) is 0 Å². The van der Waals surface area contributed by atoms with Crippen LogP contribution in [-0.2, 0) is 11.8 Å². The van der Waals surface area contributed by atoms with Gasteiger partial charge in [0.1, 0.15) is 24.8 Å². The third-order valence-corrected chi connectivity index (χ3v) is 8.05. The number of aromatic hydroxyl groups is 1. The monoisotopic (exact) mass is 360 g/mol. The van der Waals surface area contributed by atoms with Crippen LogP contribution >= 0.6 is 0 Å². The van der Waals surface area contributed by atoms with E-state index in [1.165, 1.54) is 0 Å². The molecule has 0 amide bonds. The molecule has 140 valence electrons. The summed E-state index contributed by atoms with van der Waals surface area (Å²) in [7, 11) is 0. The van der Waals surface area contributed by atoms with Crippen LogP contribution in [0, 0.1) is 5.92 Å². The Labute approximate surface area is 152 Å². The summed E-state index contributed by atoms with van der Waals surface area (Å²) in [4.78, 5) is 0. The predicted molar refractivity (Wildman–Crippen MR) is 91.0 cm³/mol. The van der Waals surface area contributed by atoms with Gasteiger partial charge in [0.25, 0.3) is 0 Å². The van der Waals surface area contributed by atoms with E-state index in [1.54, 1.807) is 6.07 Å². The number of rotatable bonds is 2. The van der Waals surface area contributed by atoms with Crippen LogP contribution in [0.15, 0.2) is 12.1 Å². The Bertz CT molecular complexity index is 810. The van der Waals surface area contributed by atoms with E-state index < -0.39 is 23.2 Å². The van der Waals surface area contributed by atoms with E-state index >= 15 is 0 Å². The highest BCUT2D eigenvalue weighted by molar-refractivity contribution is 5.62. The first kappa shape index (κ1) is 15.7. The van der Waals surface area contributed by atoms with Crippen molar-refractivity contribution in [2.24, 2.45) is 5.92 Å². The van der Waals surface area contributed by atoms with Crippen molar-refractivity contribution in [1.29, 1.82) is 0 Å². The van der Waals surface area contributed by atoms with Crippen molar-refractivity contribution in [3.8, 4) is 11.5 Å². The molecule has 6 nitrogen and oxygen atoms in total. The second-order valence-electron chi connectivity index (χ2n) is 9.29. The summed E-state index contributed by atoms with van der Waals surface area (Å²) in [5, 5.41) is 44.7. The molecule has 0 radical (unpaired) electrons. The summed E-state index contributed by atoms with van der Waals surface area (Å²) in [6, 6.07) is 3.24. The Hall–Kier alpha value is -1.34. The van der Waals surface area contributed by atoms with Gasteiger partial charge in [0.2, 0.25) is 0 Å². The molecule has 2 aliphatic heterocycles. The minimum atomic E-state index is -1.12. The van der Waals surface area contributed by atoms with Gasteiger partial charge in [-0.2, -0.15) is 4.65 Å². The van der Waals surface area contributed by atoms with E-state index in [-0.39, 0.29) is 16.4 Å². The quantitative estimate of drug-likeness (QED) is 0.596. The molecule has 0 aromatic heterocycles. The second-order valence-corrected chi connectivity index (χ2v) is 9.29.